The van der Waals surface area contributed by atoms with Crippen molar-refractivity contribution in [3.05, 3.63) is 0 Å². The summed E-state index contributed by atoms with van der Waals surface area (Å²) in [6, 6.07) is 0. The van der Waals surface area contributed by atoms with Crippen molar-refractivity contribution in [3.8, 4) is 0 Å². The number of esters is 4. The van der Waals surface area contributed by atoms with Crippen LogP contribution in [0.2, 0.25) is 0 Å². The van der Waals surface area contributed by atoms with E-state index in [1.165, 1.54) is 238 Å². The molecule has 0 aromatic carbocycles. The standard InChI is InChI=1S/C82H160O17P2/c1-8-9-10-11-12-32-42-49-56-63-79(84)92-69-77(98-82(87)66-59-52-45-38-31-25-19-22-28-35-41-48-55-62-75(6)7)71-96-100(88,89)94-67-76(83)68-95-101(90,91)97-72-78(99-81(86)65-58-51-44-37-30-24-18-14-16-21-27-34-40-47-54-61-74(4)5)70-93-80(85)64-57-50-43-36-29-23-17-13-15-20-26-33-39-46-53-60-73(2)3/h73-78,83H,8-72H2,1-7H3,(H,88,89)(H,90,91)/t76-,77+,78+/m0/s1. The molecular weight excluding hydrogens is 1320 g/mol. The normalized spacial score (nSPS) is 14.0. The van der Waals surface area contributed by atoms with Gasteiger partial charge in [0.15, 0.2) is 12.2 Å². The van der Waals surface area contributed by atoms with Crippen LogP contribution >= 0.6 is 15.6 Å². The smallest absolute Gasteiger partial charge is 0.462 e. The molecule has 17 nitrogen and oxygen atoms in total. The second kappa shape index (κ2) is 72.3. The molecule has 0 rings (SSSR count). The average Bonchev–Trinajstić information content (AvgIpc) is 0.936. The highest BCUT2D eigenvalue weighted by atomic mass is 31.2. The van der Waals surface area contributed by atoms with Crippen LogP contribution in [0.15, 0.2) is 0 Å². The summed E-state index contributed by atoms with van der Waals surface area (Å²) in [7, 11) is -9.92. The van der Waals surface area contributed by atoms with Crippen molar-refractivity contribution in [1.29, 1.82) is 0 Å². The zero-order valence-electron chi connectivity index (χ0n) is 66.4. The van der Waals surface area contributed by atoms with Gasteiger partial charge in [0.05, 0.1) is 26.4 Å². The van der Waals surface area contributed by atoms with Crippen LogP contribution in [0, 0.1) is 17.8 Å². The van der Waals surface area contributed by atoms with E-state index in [-0.39, 0.29) is 25.7 Å². The molecule has 0 heterocycles. The maximum atomic E-state index is 13.1. The van der Waals surface area contributed by atoms with Gasteiger partial charge in [0.1, 0.15) is 19.3 Å². The Labute approximate surface area is 619 Å². The molecule has 0 bridgehead atoms. The molecule has 0 aliphatic rings. The first-order valence-corrected chi connectivity index (χ1v) is 45.3. The lowest BCUT2D eigenvalue weighted by molar-refractivity contribution is -0.161. The first kappa shape index (κ1) is 99.1. The number of ether oxygens (including phenoxy) is 4. The molecule has 101 heavy (non-hydrogen) atoms. The number of aliphatic hydroxyl groups is 1. The molecule has 0 saturated carbocycles. The van der Waals surface area contributed by atoms with Crippen molar-refractivity contribution in [3.63, 3.8) is 0 Å². The second-order valence-corrected chi connectivity index (χ2v) is 33.8. The van der Waals surface area contributed by atoms with Gasteiger partial charge in [0, 0.05) is 25.7 Å². The minimum Gasteiger partial charge on any atom is -0.462 e. The number of carbonyl (C=O) groups excluding carboxylic acids is 4. The molecule has 0 fully saturated rings. The van der Waals surface area contributed by atoms with E-state index >= 15 is 0 Å². The first-order chi connectivity index (χ1) is 48.7. The molecule has 0 spiro atoms. The van der Waals surface area contributed by atoms with Crippen LogP contribution < -0.4 is 0 Å². The lowest BCUT2D eigenvalue weighted by Gasteiger charge is -2.21. The summed E-state index contributed by atoms with van der Waals surface area (Å²) in [5.41, 5.74) is 0. The van der Waals surface area contributed by atoms with Gasteiger partial charge in [-0.3, -0.25) is 37.3 Å². The van der Waals surface area contributed by atoms with Crippen LogP contribution in [0.4, 0.5) is 0 Å². The fourth-order valence-corrected chi connectivity index (χ4v) is 14.2. The molecule has 19 heteroatoms. The highest BCUT2D eigenvalue weighted by molar-refractivity contribution is 7.47. The molecule has 0 radical (unpaired) electrons. The van der Waals surface area contributed by atoms with E-state index in [9.17, 15) is 43.2 Å². The second-order valence-electron chi connectivity index (χ2n) is 30.9. The summed E-state index contributed by atoms with van der Waals surface area (Å²) in [4.78, 5) is 73.0. The Morgan fingerprint density at radius 1 is 0.267 bits per heavy atom. The predicted molar refractivity (Wildman–Crippen MR) is 414 cm³/mol. The molecule has 2 unspecified atom stereocenters. The van der Waals surface area contributed by atoms with Gasteiger partial charge in [-0.15, -0.1) is 0 Å². The summed E-state index contributed by atoms with van der Waals surface area (Å²) < 4.78 is 68.7. The van der Waals surface area contributed by atoms with E-state index in [0.29, 0.717) is 25.7 Å². The Bertz CT molecular complexity index is 1960. The summed E-state index contributed by atoms with van der Waals surface area (Å²) in [6.07, 6.45) is 61.0. The van der Waals surface area contributed by atoms with Crippen LogP contribution in [0.5, 0.6) is 0 Å². The van der Waals surface area contributed by atoms with E-state index < -0.39 is 97.5 Å². The summed E-state index contributed by atoms with van der Waals surface area (Å²) in [6.45, 7) is 12.0. The Morgan fingerprint density at radius 3 is 0.673 bits per heavy atom. The molecule has 600 valence electrons. The molecule has 0 amide bonds. The fourth-order valence-electron chi connectivity index (χ4n) is 12.7. The van der Waals surface area contributed by atoms with Crippen molar-refractivity contribution in [2.75, 3.05) is 39.6 Å². The predicted octanol–water partition coefficient (Wildman–Crippen LogP) is 24.5. The van der Waals surface area contributed by atoms with Crippen molar-refractivity contribution in [2.24, 2.45) is 17.8 Å². The van der Waals surface area contributed by atoms with Crippen molar-refractivity contribution in [2.45, 2.75) is 446 Å². The molecule has 0 aliphatic carbocycles. The number of hydrogen-bond donors (Lipinski definition) is 3. The summed E-state index contributed by atoms with van der Waals surface area (Å²) in [5.74, 6) is 0.286. The zero-order valence-corrected chi connectivity index (χ0v) is 68.2. The van der Waals surface area contributed by atoms with Crippen molar-refractivity contribution >= 4 is 39.5 Å². The first-order valence-electron chi connectivity index (χ1n) is 42.3. The number of unbranched alkanes of at least 4 members (excludes halogenated alkanes) is 48. The Kier molecular flexibility index (Phi) is 70.9. The van der Waals surface area contributed by atoms with Crippen LogP contribution in [-0.4, -0.2) is 96.7 Å². The maximum Gasteiger partial charge on any atom is 0.472 e. The highest BCUT2D eigenvalue weighted by Crippen LogP contribution is 2.45. The molecule has 3 N–H and O–H groups in total. The minimum atomic E-state index is -4.96. The van der Waals surface area contributed by atoms with Gasteiger partial charge in [0.2, 0.25) is 0 Å². The minimum absolute atomic E-state index is 0.107. The Hall–Kier alpha value is -1.94. The third-order valence-corrected chi connectivity index (χ3v) is 21.0. The van der Waals surface area contributed by atoms with Crippen molar-refractivity contribution in [1.82, 2.24) is 0 Å². The Morgan fingerprint density at radius 2 is 0.455 bits per heavy atom. The van der Waals surface area contributed by atoms with Crippen LogP contribution in [0.1, 0.15) is 427 Å². The lowest BCUT2D eigenvalue weighted by Crippen LogP contribution is -2.30. The molecule has 0 aromatic rings. The van der Waals surface area contributed by atoms with Gasteiger partial charge in [0.25, 0.3) is 0 Å². The van der Waals surface area contributed by atoms with Gasteiger partial charge in [-0.25, -0.2) is 9.13 Å². The third kappa shape index (κ3) is 76.1. The lowest BCUT2D eigenvalue weighted by atomic mass is 10.0. The maximum absolute atomic E-state index is 13.1. The Balaban J connectivity index is 5.22. The van der Waals surface area contributed by atoms with E-state index in [1.807, 2.05) is 0 Å². The number of phosphoric ester groups is 2. The third-order valence-electron chi connectivity index (χ3n) is 19.1. The van der Waals surface area contributed by atoms with E-state index in [4.69, 9.17) is 37.0 Å². The highest BCUT2D eigenvalue weighted by Gasteiger charge is 2.30. The summed E-state index contributed by atoms with van der Waals surface area (Å²) in [5, 5.41) is 10.6. The number of hydrogen-bond acceptors (Lipinski definition) is 15. The largest absolute Gasteiger partial charge is 0.472 e. The number of phosphoric acid groups is 2. The van der Waals surface area contributed by atoms with Gasteiger partial charge in [-0.1, -0.05) is 376 Å². The van der Waals surface area contributed by atoms with Crippen LogP contribution in [0.25, 0.3) is 0 Å². The molecule has 0 aromatic heterocycles. The number of aliphatic hydroxyl groups excluding tert-OH is 1. The van der Waals surface area contributed by atoms with E-state index in [0.717, 1.165) is 108 Å². The SMILES string of the molecule is CCCCCCCCCCCC(=O)OC[C@H](COP(=O)(O)OC[C@H](O)COP(=O)(O)OC[C@@H](COC(=O)CCCCCCCCCCCCCCCCCC(C)C)OC(=O)CCCCCCCCCCCCCCCCCC(C)C)OC(=O)CCCCCCCCCCCCCCCC(C)C. The van der Waals surface area contributed by atoms with Gasteiger partial charge in [-0.05, 0) is 43.4 Å². The van der Waals surface area contributed by atoms with Gasteiger partial charge >= 0.3 is 39.5 Å². The topological polar surface area (TPSA) is 237 Å². The zero-order chi connectivity index (χ0) is 74.4. The van der Waals surface area contributed by atoms with E-state index in [2.05, 4.69) is 48.5 Å². The monoisotopic (exact) mass is 1480 g/mol. The van der Waals surface area contributed by atoms with Crippen molar-refractivity contribution < 1.29 is 80.2 Å². The number of carbonyl (C=O) groups is 4. The van der Waals surface area contributed by atoms with Gasteiger partial charge < -0.3 is 33.8 Å². The average molecular weight is 1480 g/mol. The van der Waals surface area contributed by atoms with Crippen LogP contribution in [0.3, 0.4) is 0 Å². The fraction of sp³-hybridized carbons (Fsp3) is 0.951. The summed E-state index contributed by atoms with van der Waals surface area (Å²) >= 11 is 0. The molecule has 5 atom stereocenters. The van der Waals surface area contributed by atoms with E-state index in [1.54, 1.807) is 0 Å². The number of rotatable bonds is 80. The molecular formula is C82H160O17P2. The van der Waals surface area contributed by atoms with Crippen LogP contribution in [-0.2, 0) is 65.4 Å². The van der Waals surface area contributed by atoms with Gasteiger partial charge in [-0.2, -0.15) is 0 Å². The molecule has 0 aliphatic heterocycles. The molecule has 0 saturated heterocycles. The quantitative estimate of drug-likeness (QED) is 0.0222.